The number of allylic oxidation sites excluding steroid dienone is 1. The average Bonchev–Trinajstić information content (AvgIpc) is 3.19. The van der Waals surface area contributed by atoms with Crippen molar-refractivity contribution < 1.29 is 13.6 Å². The highest BCUT2D eigenvalue weighted by Gasteiger charge is 2.41. The standard InChI is InChI=1S/C21H22F2N2O/c1-2-24-21(26)20(23)15-9-12-7-14(8-13(12)10-15)17-5-6-25-19-4-3-16(22)11-18(17)19/h3-6,11-14H,2,7-10H2,1H3,(H,24,26)/t12-,13+,14?. The summed E-state index contributed by atoms with van der Waals surface area (Å²) in [5, 5.41) is 3.41. The van der Waals surface area contributed by atoms with Gasteiger partial charge in [-0.05, 0) is 85.8 Å². The number of benzene rings is 1. The molecule has 2 fully saturated rings. The largest absolute Gasteiger partial charge is 0.350 e. The van der Waals surface area contributed by atoms with Crippen LogP contribution < -0.4 is 5.32 Å². The Morgan fingerprint density at radius 3 is 2.65 bits per heavy atom. The van der Waals surface area contributed by atoms with Crippen LogP contribution in [0, 0.1) is 17.7 Å². The van der Waals surface area contributed by atoms with Crippen LogP contribution in [-0.4, -0.2) is 17.4 Å². The smallest absolute Gasteiger partial charge is 0.279 e. The van der Waals surface area contributed by atoms with Crippen LogP contribution in [0.25, 0.3) is 10.9 Å². The van der Waals surface area contributed by atoms with Crippen molar-refractivity contribution in [2.24, 2.45) is 11.8 Å². The molecular weight excluding hydrogens is 334 g/mol. The first kappa shape index (κ1) is 17.1. The van der Waals surface area contributed by atoms with Gasteiger partial charge in [0.05, 0.1) is 5.52 Å². The molecule has 26 heavy (non-hydrogen) atoms. The second-order valence-corrected chi connectivity index (χ2v) is 7.44. The maximum absolute atomic E-state index is 14.3. The van der Waals surface area contributed by atoms with Gasteiger partial charge in [0.2, 0.25) is 0 Å². The van der Waals surface area contributed by atoms with Crippen molar-refractivity contribution in [3.8, 4) is 0 Å². The third-order valence-corrected chi connectivity index (χ3v) is 5.88. The lowest BCUT2D eigenvalue weighted by Gasteiger charge is -2.15. The third kappa shape index (κ3) is 3.00. The van der Waals surface area contributed by atoms with Crippen LogP contribution in [0.2, 0.25) is 0 Å². The van der Waals surface area contributed by atoms with E-state index in [0.717, 1.165) is 29.3 Å². The fourth-order valence-corrected chi connectivity index (χ4v) is 4.76. The normalized spacial score (nSPS) is 26.8. The predicted molar refractivity (Wildman–Crippen MR) is 96.7 cm³/mol. The molecular formula is C21H22F2N2O. The molecule has 3 nitrogen and oxygen atoms in total. The summed E-state index contributed by atoms with van der Waals surface area (Å²) in [4.78, 5) is 16.1. The maximum atomic E-state index is 14.3. The van der Waals surface area contributed by atoms with E-state index >= 15 is 0 Å². The molecule has 2 aliphatic rings. The third-order valence-electron chi connectivity index (χ3n) is 5.88. The number of nitrogens with zero attached hydrogens (tertiary/aromatic N) is 1. The van der Waals surface area contributed by atoms with Gasteiger partial charge in [-0.15, -0.1) is 0 Å². The molecule has 1 aromatic heterocycles. The van der Waals surface area contributed by atoms with Crippen molar-refractivity contribution in [1.29, 1.82) is 0 Å². The zero-order valence-electron chi connectivity index (χ0n) is 14.8. The molecule has 2 saturated carbocycles. The molecule has 136 valence electrons. The van der Waals surface area contributed by atoms with Crippen LogP contribution in [0.1, 0.15) is 44.1 Å². The topological polar surface area (TPSA) is 42.0 Å². The van der Waals surface area contributed by atoms with Gasteiger partial charge in [0.1, 0.15) is 5.82 Å². The summed E-state index contributed by atoms with van der Waals surface area (Å²) < 4.78 is 28.0. The highest BCUT2D eigenvalue weighted by Crippen LogP contribution is 2.53. The van der Waals surface area contributed by atoms with E-state index in [1.54, 1.807) is 25.3 Å². The van der Waals surface area contributed by atoms with E-state index in [-0.39, 0.29) is 5.82 Å². The maximum Gasteiger partial charge on any atom is 0.279 e. The number of pyridine rings is 1. The van der Waals surface area contributed by atoms with E-state index in [1.165, 1.54) is 6.07 Å². The van der Waals surface area contributed by atoms with E-state index in [9.17, 15) is 13.6 Å². The fourth-order valence-electron chi connectivity index (χ4n) is 4.76. The Labute approximate surface area is 151 Å². The summed E-state index contributed by atoms with van der Waals surface area (Å²) in [5.41, 5.74) is 2.61. The van der Waals surface area contributed by atoms with Crippen LogP contribution >= 0.6 is 0 Å². The van der Waals surface area contributed by atoms with E-state index in [1.807, 2.05) is 6.07 Å². The number of hydrogen-bond donors (Lipinski definition) is 1. The molecule has 1 unspecified atom stereocenters. The Balaban J connectivity index is 1.55. The minimum atomic E-state index is -0.589. The van der Waals surface area contributed by atoms with Crippen molar-refractivity contribution in [3.63, 3.8) is 0 Å². The minimum Gasteiger partial charge on any atom is -0.350 e. The number of likely N-dealkylation sites (N-methyl/N-ethyl adjacent to an activating group) is 1. The number of fused-ring (bicyclic) bond motifs is 2. The summed E-state index contributed by atoms with van der Waals surface area (Å²) in [6.45, 7) is 2.21. The van der Waals surface area contributed by atoms with E-state index < -0.39 is 11.7 Å². The summed E-state index contributed by atoms with van der Waals surface area (Å²) in [6.07, 6.45) is 4.99. The molecule has 2 aromatic rings. The van der Waals surface area contributed by atoms with Crippen LogP contribution in [0.4, 0.5) is 8.78 Å². The zero-order valence-corrected chi connectivity index (χ0v) is 14.8. The van der Waals surface area contributed by atoms with E-state index in [0.29, 0.717) is 42.7 Å². The lowest BCUT2D eigenvalue weighted by Crippen LogP contribution is -2.23. The van der Waals surface area contributed by atoms with E-state index in [4.69, 9.17) is 0 Å². The van der Waals surface area contributed by atoms with Crippen LogP contribution in [-0.2, 0) is 4.79 Å². The molecule has 0 radical (unpaired) electrons. The predicted octanol–water partition coefficient (Wildman–Crippen LogP) is 4.64. The Kier molecular flexibility index (Phi) is 4.47. The van der Waals surface area contributed by atoms with Crippen molar-refractivity contribution >= 4 is 16.8 Å². The van der Waals surface area contributed by atoms with Gasteiger partial charge in [0.15, 0.2) is 5.83 Å². The van der Waals surface area contributed by atoms with Crippen LogP contribution in [0.5, 0.6) is 0 Å². The van der Waals surface area contributed by atoms with Crippen molar-refractivity contribution in [3.05, 3.63) is 53.2 Å². The lowest BCUT2D eigenvalue weighted by molar-refractivity contribution is -0.118. The number of carbonyl (C=O) groups is 1. The zero-order chi connectivity index (χ0) is 18.3. The quantitative estimate of drug-likeness (QED) is 0.814. The molecule has 2 aliphatic carbocycles. The second kappa shape index (κ2) is 6.78. The first-order valence-corrected chi connectivity index (χ1v) is 9.26. The van der Waals surface area contributed by atoms with Crippen LogP contribution in [0.3, 0.4) is 0 Å². The monoisotopic (exact) mass is 356 g/mol. The van der Waals surface area contributed by atoms with Crippen molar-refractivity contribution in [2.75, 3.05) is 6.54 Å². The Morgan fingerprint density at radius 2 is 1.96 bits per heavy atom. The van der Waals surface area contributed by atoms with Gasteiger partial charge in [-0.1, -0.05) is 0 Å². The number of amides is 1. The average molecular weight is 356 g/mol. The molecule has 3 atom stereocenters. The second-order valence-electron chi connectivity index (χ2n) is 7.44. The highest BCUT2D eigenvalue weighted by atomic mass is 19.1. The Bertz CT molecular complexity index is 877. The summed E-state index contributed by atoms with van der Waals surface area (Å²) in [5.74, 6) is -0.298. The highest BCUT2D eigenvalue weighted by molar-refractivity contribution is 5.92. The molecule has 1 N–H and O–H groups in total. The van der Waals surface area contributed by atoms with Gasteiger partial charge in [-0.3, -0.25) is 9.78 Å². The van der Waals surface area contributed by atoms with Gasteiger partial charge in [-0.2, -0.15) is 0 Å². The SMILES string of the molecule is CCNC(=O)C(F)=C1C[C@@H]2CC(c3ccnc4ccc(F)cc34)C[C@@H]2C1. The van der Waals surface area contributed by atoms with Gasteiger partial charge in [0, 0.05) is 18.1 Å². The molecule has 0 spiro atoms. The number of rotatable bonds is 3. The number of aromatic nitrogens is 1. The van der Waals surface area contributed by atoms with Gasteiger partial charge >= 0.3 is 0 Å². The molecule has 5 heteroatoms. The van der Waals surface area contributed by atoms with Gasteiger partial charge < -0.3 is 5.32 Å². The Hall–Kier alpha value is -2.30. The molecule has 0 bridgehead atoms. The first-order chi connectivity index (χ1) is 12.6. The molecule has 0 aliphatic heterocycles. The summed E-state index contributed by atoms with van der Waals surface area (Å²) >= 11 is 0. The number of halogens is 2. The summed E-state index contributed by atoms with van der Waals surface area (Å²) in [7, 11) is 0. The Morgan fingerprint density at radius 1 is 1.23 bits per heavy atom. The van der Waals surface area contributed by atoms with Crippen LogP contribution in [0.15, 0.2) is 41.9 Å². The minimum absolute atomic E-state index is 0.251. The lowest BCUT2D eigenvalue weighted by atomic mass is 9.91. The molecule has 4 rings (SSSR count). The molecule has 1 amide bonds. The first-order valence-electron chi connectivity index (χ1n) is 9.26. The number of hydrogen-bond acceptors (Lipinski definition) is 2. The summed E-state index contributed by atoms with van der Waals surface area (Å²) in [6, 6.07) is 6.70. The number of nitrogens with one attached hydrogen (secondary N) is 1. The molecule has 1 aromatic carbocycles. The number of carbonyl (C=O) groups excluding carboxylic acids is 1. The van der Waals surface area contributed by atoms with E-state index in [2.05, 4.69) is 10.3 Å². The van der Waals surface area contributed by atoms with Crippen molar-refractivity contribution in [2.45, 2.75) is 38.5 Å². The fraction of sp³-hybridized carbons (Fsp3) is 0.429. The van der Waals surface area contributed by atoms with Crippen molar-refractivity contribution in [1.82, 2.24) is 10.3 Å². The van der Waals surface area contributed by atoms with Gasteiger partial charge in [0.25, 0.3) is 5.91 Å². The molecule has 1 heterocycles. The molecule has 0 saturated heterocycles. The van der Waals surface area contributed by atoms with Gasteiger partial charge in [-0.25, -0.2) is 8.78 Å².